The predicted molar refractivity (Wildman–Crippen MR) is 86.0 cm³/mol. The number of hydrogen-bond donors (Lipinski definition) is 1. The molecule has 0 fully saturated rings. The van der Waals surface area contributed by atoms with Crippen molar-refractivity contribution in [1.29, 1.82) is 0 Å². The SMILES string of the molecule is CCCc1cc(C(=O)OCCCS(=O)(=O)c2ccccc2)n[nH]1. The van der Waals surface area contributed by atoms with Gasteiger partial charge in [0, 0.05) is 5.69 Å². The Morgan fingerprint density at radius 3 is 2.70 bits per heavy atom. The molecule has 1 heterocycles. The van der Waals surface area contributed by atoms with Crippen LogP contribution in [-0.4, -0.2) is 36.9 Å². The third-order valence-electron chi connectivity index (χ3n) is 3.25. The molecule has 2 rings (SSSR count). The molecule has 7 heteroatoms. The van der Waals surface area contributed by atoms with Crippen molar-refractivity contribution in [1.82, 2.24) is 10.2 Å². The summed E-state index contributed by atoms with van der Waals surface area (Å²) in [5.41, 5.74) is 1.10. The second-order valence-corrected chi connectivity index (χ2v) is 7.26. The van der Waals surface area contributed by atoms with Crippen LogP contribution in [0.2, 0.25) is 0 Å². The van der Waals surface area contributed by atoms with Crippen LogP contribution in [0.4, 0.5) is 0 Å². The van der Waals surface area contributed by atoms with Gasteiger partial charge in [0.1, 0.15) is 0 Å². The molecule has 0 unspecified atom stereocenters. The van der Waals surface area contributed by atoms with Gasteiger partial charge in [0.15, 0.2) is 15.5 Å². The average molecular weight is 336 g/mol. The number of aromatic nitrogens is 2. The number of carbonyl (C=O) groups excluding carboxylic acids is 1. The Hall–Kier alpha value is -2.15. The summed E-state index contributed by atoms with van der Waals surface area (Å²) in [7, 11) is -3.34. The summed E-state index contributed by atoms with van der Waals surface area (Å²) in [6, 6.07) is 9.89. The third kappa shape index (κ3) is 4.92. The van der Waals surface area contributed by atoms with E-state index < -0.39 is 15.8 Å². The highest BCUT2D eigenvalue weighted by atomic mass is 32.2. The van der Waals surface area contributed by atoms with Crippen LogP contribution in [0.3, 0.4) is 0 Å². The lowest BCUT2D eigenvalue weighted by Crippen LogP contribution is -2.12. The molecule has 6 nitrogen and oxygen atoms in total. The second-order valence-electron chi connectivity index (χ2n) is 5.15. The van der Waals surface area contributed by atoms with Crippen LogP contribution in [0.1, 0.15) is 35.9 Å². The fourth-order valence-corrected chi connectivity index (χ4v) is 3.40. The van der Waals surface area contributed by atoms with Crippen molar-refractivity contribution in [3.8, 4) is 0 Å². The molecule has 0 spiro atoms. The number of aryl methyl sites for hydroxylation is 1. The molecule has 124 valence electrons. The molecule has 0 aliphatic carbocycles. The second kappa shape index (κ2) is 7.92. The van der Waals surface area contributed by atoms with Crippen LogP contribution in [0, 0.1) is 0 Å². The van der Waals surface area contributed by atoms with Gasteiger partial charge in [-0.25, -0.2) is 13.2 Å². The zero-order valence-corrected chi connectivity index (χ0v) is 13.8. The minimum Gasteiger partial charge on any atom is -0.461 e. The first kappa shape index (κ1) is 17.2. The number of nitrogens with one attached hydrogen (secondary N) is 1. The van der Waals surface area contributed by atoms with Crippen molar-refractivity contribution in [3.63, 3.8) is 0 Å². The van der Waals surface area contributed by atoms with E-state index in [0.717, 1.165) is 18.5 Å². The molecule has 0 atom stereocenters. The van der Waals surface area contributed by atoms with Crippen molar-refractivity contribution in [2.24, 2.45) is 0 Å². The molecule has 0 saturated heterocycles. The molecule has 0 amide bonds. The van der Waals surface area contributed by atoms with Gasteiger partial charge in [-0.15, -0.1) is 0 Å². The van der Waals surface area contributed by atoms with Crippen LogP contribution in [-0.2, 0) is 21.0 Å². The summed E-state index contributed by atoms with van der Waals surface area (Å²) < 4.78 is 29.2. The number of ether oxygens (including phenoxy) is 1. The van der Waals surface area contributed by atoms with Gasteiger partial charge in [0.05, 0.1) is 17.3 Å². The summed E-state index contributed by atoms with van der Waals surface area (Å²) >= 11 is 0. The summed E-state index contributed by atoms with van der Waals surface area (Å²) in [5, 5.41) is 6.67. The molecule has 0 saturated carbocycles. The number of sulfone groups is 1. The number of hydrogen-bond acceptors (Lipinski definition) is 5. The number of benzene rings is 1. The number of carbonyl (C=O) groups is 1. The van der Waals surface area contributed by atoms with Gasteiger partial charge in [-0.3, -0.25) is 5.10 Å². The molecule has 0 aliphatic heterocycles. The molecule has 0 aliphatic rings. The molecule has 2 aromatic rings. The normalized spacial score (nSPS) is 11.3. The van der Waals surface area contributed by atoms with Crippen LogP contribution in [0.15, 0.2) is 41.3 Å². The monoisotopic (exact) mass is 336 g/mol. The number of esters is 1. The molecule has 1 aromatic carbocycles. The molecule has 0 radical (unpaired) electrons. The van der Waals surface area contributed by atoms with Gasteiger partial charge >= 0.3 is 5.97 Å². The van der Waals surface area contributed by atoms with E-state index >= 15 is 0 Å². The van der Waals surface area contributed by atoms with E-state index in [4.69, 9.17) is 4.74 Å². The summed E-state index contributed by atoms with van der Waals surface area (Å²) in [4.78, 5) is 12.1. The minimum atomic E-state index is -3.34. The Labute approximate surface area is 135 Å². The number of nitrogens with zero attached hydrogens (tertiary/aromatic N) is 1. The zero-order valence-electron chi connectivity index (χ0n) is 13.0. The maximum atomic E-state index is 12.1. The van der Waals surface area contributed by atoms with Crippen LogP contribution in [0.25, 0.3) is 0 Å². The lowest BCUT2D eigenvalue weighted by atomic mass is 10.2. The van der Waals surface area contributed by atoms with Crippen molar-refractivity contribution in [2.75, 3.05) is 12.4 Å². The highest BCUT2D eigenvalue weighted by Crippen LogP contribution is 2.11. The Morgan fingerprint density at radius 1 is 1.26 bits per heavy atom. The average Bonchev–Trinajstić information content (AvgIpc) is 3.01. The van der Waals surface area contributed by atoms with Gasteiger partial charge in [-0.05, 0) is 31.0 Å². The number of aromatic amines is 1. The fourth-order valence-electron chi connectivity index (χ4n) is 2.10. The highest BCUT2D eigenvalue weighted by Gasteiger charge is 2.15. The van der Waals surface area contributed by atoms with E-state index in [1.54, 1.807) is 36.4 Å². The summed E-state index contributed by atoms with van der Waals surface area (Å²) in [6.45, 7) is 2.08. The van der Waals surface area contributed by atoms with E-state index in [9.17, 15) is 13.2 Å². The number of rotatable bonds is 8. The van der Waals surface area contributed by atoms with E-state index in [1.807, 2.05) is 6.92 Å². The van der Waals surface area contributed by atoms with E-state index in [0.29, 0.717) is 0 Å². The Morgan fingerprint density at radius 2 is 2.00 bits per heavy atom. The minimum absolute atomic E-state index is 0.0425. The first-order chi connectivity index (χ1) is 11.0. The fraction of sp³-hybridized carbons (Fsp3) is 0.375. The first-order valence-corrected chi connectivity index (χ1v) is 9.17. The van der Waals surface area contributed by atoms with Crippen molar-refractivity contribution in [2.45, 2.75) is 31.1 Å². The Balaban J connectivity index is 1.79. The molecule has 1 aromatic heterocycles. The first-order valence-electron chi connectivity index (χ1n) is 7.52. The van der Waals surface area contributed by atoms with Gasteiger partial charge in [0.25, 0.3) is 0 Å². The molecular weight excluding hydrogens is 316 g/mol. The summed E-state index contributed by atoms with van der Waals surface area (Å²) in [6.07, 6.45) is 2.01. The topological polar surface area (TPSA) is 89.1 Å². The zero-order chi connectivity index (χ0) is 16.7. The van der Waals surface area contributed by atoms with Gasteiger partial charge in [-0.2, -0.15) is 5.10 Å². The standard InChI is InChI=1S/C16H20N2O4S/c1-2-7-13-12-15(18-17-13)16(19)22-10-6-11-23(20,21)14-8-4-3-5-9-14/h3-5,8-9,12H,2,6-7,10-11H2,1H3,(H,17,18). The smallest absolute Gasteiger partial charge is 0.358 e. The largest absolute Gasteiger partial charge is 0.461 e. The van der Waals surface area contributed by atoms with Crippen LogP contribution in [0.5, 0.6) is 0 Å². The van der Waals surface area contributed by atoms with E-state index in [-0.39, 0.29) is 29.4 Å². The molecule has 1 N–H and O–H groups in total. The quantitative estimate of drug-likeness (QED) is 0.590. The third-order valence-corrected chi connectivity index (χ3v) is 5.07. The molecular formula is C16H20N2O4S. The van der Waals surface area contributed by atoms with E-state index in [2.05, 4.69) is 10.2 Å². The lowest BCUT2D eigenvalue weighted by molar-refractivity contribution is 0.0498. The highest BCUT2D eigenvalue weighted by molar-refractivity contribution is 7.91. The van der Waals surface area contributed by atoms with Crippen molar-refractivity contribution in [3.05, 3.63) is 47.8 Å². The van der Waals surface area contributed by atoms with Gasteiger partial charge in [0.2, 0.25) is 0 Å². The van der Waals surface area contributed by atoms with Crippen molar-refractivity contribution >= 4 is 15.8 Å². The molecule has 23 heavy (non-hydrogen) atoms. The maximum Gasteiger partial charge on any atom is 0.358 e. The van der Waals surface area contributed by atoms with Crippen LogP contribution >= 0.6 is 0 Å². The van der Waals surface area contributed by atoms with Crippen molar-refractivity contribution < 1.29 is 17.9 Å². The van der Waals surface area contributed by atoms with Crippen LogP contribution < -0.4 is 0 Å². The lowest BCUT2D eigenvalue weighted by Gasteiger charge is -2.05. The van der Waals surface area contributed by atoms with E-state index in [1.165, 1.54) is 0 Å². The Bertz CT molecular complexity index is 738. The van der Waals surface area contributed by atoms with Gasteiger partial charge in [-0.1, -0.05) is 31.5 Å². The summed E-state index contributed by atoms with van der Waals surface area (Å²) in [5.74, 6) is -0.605. The molecule has 0 bridgehead atoms. The Kier molecular flexibility index (Phi) is 5.92. The number of H-pyrrole nitrogens is 1. The van der Waals surface area contributed by atoms with Gasteiger partial charge < -0.3 is 4.74 Å². The maximum absolute atomic E-state index is 12.1. The predicted octanol–water partition coefficient (Wildman–Crippen LogP) is 2.38.